The summed E-state index contributed by atoms with van der Waals surface area (Å²) in [5, 5.41) is 1.07. The number of benzene rings is 4. The van der Waals surface area contributed by atoms with Gasteiger partial charge in [0.15, 0.2) is 0 Å². The molecule has 2 fully saturated rings. The quantitative estimate of drug-likeness (QED) is 0.188. The molecule has 2 unspecified atom stereocenters. The van der Waals surface area contributed by atoms with Crippen LogP contribution < -0.4 is 9.64 Å². The van der Waals surface area contributed by atoms with Crippen molar-refractivity contribution in [3.63, 3.8) is 0 Å². The number of fused-ring (bicyclic) bond motifs is 3. The fourth-order valence-electron chi connectivity index (χ4n) is 7.59. The summed E-state index contributed by atoms with van der Waals surface area (Å²) in [4.78, 5) is 9.60. The Bertz CT molecular complexity index is 1730. The van der Waals surface area contributed by atoms with Crippen molar-refractivity contribution in [3.05, 3.63) is 111 Å². The lowest BCUT2D eigenvalue weighted by atomic mass is 9.92. The first-order valence-corrected chi connectivity index (χ1v) is 16.6. The molecule has 46 heavy (non-hydrogen) atoms. The number of halogens is 4. The van der Waals surface area contributed by atoms with Crippen molar-refractivity contribution in [2.75, 3.05) is 31.8 Å². The Hall–Kier alpha value is -3.20. The van der Waals surface area contributed by atoms with Crippen molar-refractivity contribution in [1.82, 2.24) is 14.7 Å². The summed E-state index contributed by atoms with van der Waals surface area (Å²) in [6.45, 7) is 9.08. The first kappa shape index (κ1) is 31.4. The summed E-state index contributed by atoms with van der Waals surface area (Å²) in [5.74, 6) is -0.386. The highest BCUT2D eigenvalue weighted by Crippen LogP contribution is 2.46. The van der Waals surface area contributed by atoms with Crippen molar-refractivity contribution >= 4 is 34.6 Å². The number of hydrogen-bond acceptors (Lipinski definition) is 5. The first-order valence-electron chi connectivity index (χ1n) is 15.9. The van der Waals surface area contributed by atoms with Crippen LogP contribution in [0, 0.1) is 11.6 Å². The van der Waals surface area contributed by atoms with Crippen LogP contribution in [0.5, 0.6) is 5.75 Å². The summed E-state index contributed by atoms with van der Waals surface area (Å²) in [6, 6.07) is 23.3. The molecular weight excluding hydrogens is 625 g/mol. The number of rotatable bonds is 8. The predicted octanol–water partition coefficient (Wildman–Crippen LogP) is 8.73. The molecule has 2 saturated heterocycles. The zero-order valence-electron chi connectivity index (χ0n) is 26.3. The number of nitrogens with zero attached hydrogens (tertiary/aromatic N) is 4. The van der Waals surface area contributed by atoms with Crippen LogP contribution in [-0.2, 0) is 19.6 Å². The Kier molecular flexibility index (Phi) is 8.72. The van der Waals surface area contributed by atoms with Crippen LogP contribution in [0.4, 0.5) is 20.2 Å². The maximum Gasteiger partial charge on any atom is 0.133 e. The van der Waals surface area contributed by atoms with E-state index in [1.54, 1.807) is 13.2 Å². The van der Waals surface area contributed by atoms with Gasteiger partial charge in [-0.3, -0.25) is 14.7 Å². The Morgan fingerprint density at radius 3 is 2.26 bits per heavy atom. The molecule has 4 aromatic rings. The van der Waals surface area contributed by atoms with E-state index >= 15 is 4.39 Å². The molecule has 2 atom stereocenters. The monoisotopic (exact) mass is 662 g/mol. The van der Waals surface area contributed by atoms with E-state index < -0.39 is 11.6 Å². The molecule has 0 radical (unpaired) electrons. The maximum absolute atomic E-state index is 15.6. The molecule has 0 aliphatic carbocycles. The Balaban J connectivity index is 1.33. The molecule has 2 bridgehead atoms. The molecule has 5 nitrogen and oxygen atoms in total. The van der Waals surface area contributed by atoms with Crippen molar-refractivity contribution < 1.29 is 13.5 Å². The second-order valence-electron chi connectivity index (χ2n) is 13.0. The molecule has 3 aliphatic rings. The van der Waals surface area contributed by atoms with Gasteiger partial charge in [0.05, 0.1) is 29.5 Å². The average Bonchev–Trinajstić information content (AvgIpc) is 3.63. The van der Waals surface area contributed by atoms with Crippen molar-refractivity contribution in [1.29, 1.82) is 0 Å². The molecule has 0 saturated carbocycles. The van der Waals surface area contributed by atoms with Crippen molar-refractivity contribution in [3.8, 4) is 16.9 Å². The van der Waals surface area contributed by atoms with Gasteiger partial charge in [-0.2, -0.15) is 0 Å². The smallest absolute Gasteiger partial charge is 0.133 e. The van der Waals surface area contributed by atoms with E-state index in [-0.39, 0.29) is 0 Å². The van der Waals surface area contributed by atoms with E-state index in [0.29, 0.717) is 59.2 Å². The van der Waals surface area contributed by atoms with Crippen molar-refractivity contribution in [2.45, 2.75) is 58.0 Å². The van der Waals surface area contributed by atoms with Gasteiger partial charge in [-0.1, -0.05) is 41.4 Å². The summed E-state index contributed by atoms with van der Waals surface area (Å²) in [7, 11) is 1.65. The highest BCUT2D eigenvalue weighted by atomic mass is 35.5. The third-order valence-corrected chi connectivity index (χ3v) is 10.3. The molecule has 0 spiro atoms. The van der Waals surface area contributed by atoms with E-state index in [0.717, 1.165) is 59.4 Å². The third kappa shape index (κ3) is 6.00. The predicted molar refractivity (Wildman–Crippen MR) is 182 cm³/mol. The zero-order chi connectivity index (χ0) is 32.1. The highest BCUT2D eigenvalue weighted by molar-refractivity contribution is 6.39. The number of anilines is 2. The minimum atomic E-state index is -0.598. The van der Waals surface area contributed by atoms with Gasteiger partial charge in [0, 0.05) is 68.2 Å². The summed E-state index contributed by atoms with van der Waals surface area (Å²) >= 11 is 13.7. The van der Waals surface area contributed by atoms with Crippen LogP contribution in [0.15, 0.2) is 72.8 Å². The van der Waals surface area contributed by atoms with Crippen LogP contribution in [-0.4, -0.2) is 59.7 Å². The lowest BCUT2D eigenvalue weighted by molar-refractivity contribution is 0.0998. The molecule has 0 amide bonds. The summed E-state index contributed by atoms with van der Waals surface area (Å²) in [6.07, 6.45) is 1.17. The summed E-state index contributed by atoms with van der Waals surface area (Å²) < 4.78 is 35.1. The number of methoxy groups -OCH3 is 1. The molecule has 7 rings (SSSR count). The van der Waals surface area contributed by atoms with Gasteiger partial charge in [0.1, 0.15) is 17.4 Å². The molecule has 3 heterocycles. The fourth-order valence-corrected chi connectivity index (χ4v) is 8.19. The lowest BCUT2D eigenvalue weighted by Gasteiger charge is -2.41. The Morgan fingerprint density at radius 2 is 1.61 bits per heavy atom. The minimum absolute atomic E-state index is 0.380. The number of piperazine rings is 1. The minimum Gasteiger partial charge on any atom is -0.497 e. The van der Waals surface area contributed by atoms with Gasteiger partial charge in [-0.05, 0) is 91.1 Å². The molecule has 9 heteroatoms. The average molecular weight is 664 g/mol. The molecule has 4 aromatic carbocycles. The number of ether oxygens (including phenoxy) is 1. The molecule has 0 aromatic heterocycles. The summed E-state index contributed by atoms with van der Waals surface area (Å²) in [5.41, 5.74) is 5.92. The van der Waals surface area contributed by atoms with Gasteiger partial charge >= 0.3 is 0 Å². The molecular formula is C37H38Cl2F2N4O. The van der Waals surface area contributed by atoms with Crippen LogP contribution >= 0.6 is 23.2 Å². The highest BCUT2D eigenvalue weighted by Gasteiger charge is 2.44. The number of para-hydroxylation sites is 1. The van der Waals surface area contributed by atoms with Crippen LogP contribution in [0.2, 0.25) is 10.0 Å². The number of likely N-dealkylation sites (tertiary alicyclic amines) is 2. The van der Waals surface area contributed by atoms with Gasteiger partial charge in [-0.15, -0.1) is 0 Å². The second-order valence-corrected chi connectivity index (χ2v) is 13.8. The molecule has 0 N–H and O–H groups in total. The Labute approximate surface area is 279 Å². The van der Waals surface area contributed by atoms with E-state index in [1.807, 2.05) is 30.3 Å². The van der Waals surface area contributed by atoms with E-state index in [1.165, 1.54) is 12.5 Å². The van der Waals surface area contributed by atoms with Gasteiger partial charge in [-0.25, -0.2) is 8.78 Å². The van der Waals surface area contributed by atoms with Crippen LogP contribution in [0.1, 0.15) is 37.0 Å². The van der Waals surface area contributed by atoms with Gasteiger partial charge in [0.25, 0.3) is 0 Å². The van der Waals surface area contributed by atoms with Crippen molar-refractivity contribution in [2.24, 2.45) is 0 Å². The standard InChI is InChI=1S/C37H38Cl2F2N4O/c1-23(2)44-20-27-16-28(44)19-43(27)18-25-13-31(30-12-9-26(40)15-35(30)41)32-21-42(17-24-7-10-29(46-3)11-8-24)22-45(36(32)14-25)37-33(38)5-4-6-34(37)39/h4-15,23,27-28H,16-22H2,1-3H3. The fraction of sp³-hybridized carbons (Fsp3) is 0.351. The maximum atomic E-state index is 15.6. The normalized spacial score (nSPS) is 20.1. The van der Waals surface area contributed by atoms with E-state index in [2.05, 4.69) is 57.7 Å². The third-order valence-electron chi connectivity index (χ3n) is 9.74. The van der Waals surface area contributed by atoms with Crippen LogP contribution in [0.3, 0.4) is 0 Å². The van der Waals surface area contributed by atoms with E-state index in [9.17, 15) is 4.39 Å². The molecule has 3 aliphatic heterocycles. The van der Waals surface area contributed by atoms with Gasteiger partial charge in [0.2, 0.25) is 0 Å². The van der Waals surface area contributed by atoms with Gasteiger partial charge < -0.3 is 9.64 Å². The zero-order valence-corrected chi connectivity index (χ0v) is 27.8. The second kappa shape index (κ2) is 12.8. The first-order chi connectivity index (χ1) is 22.2. The SMILES string of the molecule is COc1ccc(CN2Cc3c(-c4ccc(F)cc4F)cc(CN4CC5CC4CN5C(C)C)cc3N(c3c(Cl)cccc3Cl)C2)cc1. The van der Waals surface area contributed by atoms with Crippen LogP contribution in [0.25, 0.3) is 11.1 Å². The lowest BCUT2D eigenvalue weighted by Crippen LogP contribution is -2.48. The largest absolute Gasteiger partial charge is 0.497 e. The topological polar surface area (TPSA) is 22.2 Å². The number of hydrogen-bond donors (Lipinski definition) is 0. The Morgan fingerprint density at radius 1 is 0.848 bits per heavy atom. The van der Waals surface area contributed by atoms with E-state index in [4.69, 9.17) is 27.9 Å². The molecule has 240 valence electrons.